The average Bonchev–Trinajstić information content (AvgIpc) is 3.28. The topological polar surface area (TPSA) is 42.4 Å². The van der Waals surface area contributed by atoms with Crippen LogP contribution in [0.15, 0.2) is 36.4 Å². The molecule has 0 N–H and O–H groups in total. The number of amides is 1. The number of para-hydroxylation sites is 1. The molecule has 27 heavy (non-hydrogen) atoms. The molecule has 0 spiro atoms. The van der Waals surface area contributed by atoms with E-state index >= 15 is 0 Å². The van der Waals surface area contributed by atoms with Crippen LogP contribution < -0.4 is 4.90 Å². The third-order valence-electron chi connectivity index (χ3n) is 4.71. The normalized spacial score (nSPS) is 16.8. The lowest BCUT2D eigenvalue weighted by atomic mass is 10.1. The highest BCUT2D eigenvalue weighted by Gasteiger charge is 2.27. The van der Waals surface area contributed by atoms with Gasteiger partial charge in [-0.25, -0.2) is 9.37 Å². The number of aromatic nitrogens is 1. The number of carbonyl (C=O) groups is 1. The molecule has 1 aliphatic rings. The van der Waals surface area contributed by atoms with Crippen molar-refractivity contribution in [2.45, 2.75) is 32.8 Å². The van der Waals surface area contributed by atoms with Crippen molar-refractivity contribution < 1.29 is 13.9 Å². The van der Waals surface area contributed by atoms with Gasteiger partial charge in [0.2, 0.25) is 0 Å². The first kappa shape index (κ1) is 18.1. The zero-order valence-electron chi connectivity index (χ0n) is 15.4. The lowest BCUT2D eigenvalue weighted by Crippen LogP contribution is -2.37. The van der Waals surface area contributed by atoms with Crippen molar-refractivity contribution in [2.75, 3.05) is 18.1 Å². The first-order valence-corrected chi connectivity index (χ1v) is 9.90. The lowest BCUT2D eigenvalue weighted by Gasteiger charge is -2.23. The van der Waals surface area contributed by atoms with Crippen molar-refractivity contribution in [3.63, 3.8) is 0 Å². The van der Waals surface area contributed by atoms with Crippen LogP contribution in [0.25, 0.3) is 10.2 Å². The van der Waals surface area contributed by atoms with Crippen LogP contribution >= 0.6 is 11.3 Å². The molecule has 1 fully saturated rings. The lowest BCUT2D eigenvalue weighted by molar-refractivity contribution is 0.0917. The van der Waals surface area contributed by atoms with Crippen LogP contribution in [-0.4, -0.2) is 30.1 Å². The molecule has 1 atom stereocenters. The highest BCUT2D eigenvalue weighted by Crippen LogP contribution is 2.32. The summed E-state index contributed by atoms with van der Waals surface area (Å²) in [5.74, 6) is -0.498. The molecule has 1 amide bonds. The largest absolute Gasteiger partial charge is 0.376 e. The van der Waals surface area contributed by atoms with E-state index in [1.807, 2.05) is 38.1 Å². The number of fused-ring (bicyclic) bond motifs is 1. The second-order valence-electron chi connectivity index (χ2n) is 7.01. The summed E-state index contributed by atoms with van der Waals surface area (Å²) >= 11 is 1.33. The third-order valence-corrected chi connectivity index (χ3v) is 5.76. The van der Waals surface area contributed by atoms with Gasteiger partial charge in [0.05, 0.1) is 17.3 Å². The molecule has 0 radical (unpaired) electrons. The summed E-state index contributed by atoms with van der Waals surface area (Å²) in [5.41, 5.74) is 2.99. The zero-order chi connectivity index (χ0) is 19.0. The monoisotopic (exact) mass is 384 g/mol. The van der Waals surface area contributed by atoms with Crippen LogP contribution in [-0.2, 0) is 4.74 Å². The zero-order valence-corrected chi connectivity index (χ0v) is 16.2. The summed E-state index contributed by atoms with van der Waals surface area (Å²) in [5, 5.41) is 0.509. The van der Waals surface area contributed by atoms with E-state index < -0.39 is 0 Å². The SMILES string of the molecule is Cc1cc(C)cc(C(=O)N(CC2CCCO2)c2nc3c(F)cccc3s2)c1. The Hall–Kier alpha value is -2.31. The third kappa shape index (κ3) is 3.73. The Labute approximate surface area is 161 Å². The van der Waals surface area contributed by atoms with Gasteiger partial charge in [0.25, 0.3) is 5.91 Å². The number of carbonyl (C=O) groups excluding carboxylic acids is 1. The van der Waals surface area contributed by atoms with Crippen molar-refractivity contribution >= 4 is 32.6 Å². The van der Waals surface area contributed by atoms with E-state index in [4.69, 9.17) is 4.74 Å². The summed E-state index contributed by atoms with van der Waals surface area (Å²) in [6.07, 6.45) is 1.89. The molecular formula is C21H21FN2O2S. The second-order valence-corrected chi connectivity index (χ2v) is 8.02. The van der Waals surface area contributed by atoms with E-state index in [0.717, 1.165) is 28.7 Å². The van der Waals surface area contributed by atoms with Gasteiger partial charge in [-0.15, -0.1) is 0 Å². The fraction of sp³-hybridized carbons (Fsp3) is 0.333. The van der Waals surface area contributed by atoms with Crippen LogP contribution in [0.2, 0.25) is 0 Å². The number of benzene rings is 2. The maximum Gasteiger partial charge on any atom is 0.260 e. The fourth-order valence-electron chi connectivity index (χ4n) is 3.51. The molecule has 4 nitrogen and oxygen atoms in total. The van der Waals surface area contributed by atoms with E-state index in [1.165, 1.54) is 17.4 Å². The van der Waals surface area contributed by atoms with Gasteiger partial charge in [0.1, 0.15) is 11.3 Å². The number of hydrogen-bond donors (Lipinski definition) is 0. The summed E-state index contributed by atoms with van der Waals surface area (Å²) in [4.78, 5) is 19.4. The maximum absolute atomic E-state index is 14.1. The van der Waals surface area contributed by atoms with E-state index in [-0.39, 0.29) is 17.8 Å². The molecule has 1 unspecified atom stereocenters. The first-order valence-electron chi connectivity index (χ1n) is 9.08. The summed E-state index contributed by atoms with van der Waals surface area (Å²) < 4.78 is 20.6. The number of hydrogen-bond acceptors (Lipinski definition) is 4. The Kier molecular flexibility index (Phi) is 4.93. The Morgan fingerprint density at radius 2 is 2.07 bits per heavy atom. The average molecular weight is 384 g/mol. The molecule has 6 heteroatoms. The van der Waals surface area contributed by atoms with Gasteiger partial charge in [-0.3, -0.25) is 9.69 Å². The quantitative estimate of drug-likeness (QED) is 0.644. The van der Waals surface area contributed by atoms with Crippen LogP contribution in [0, 0.1) is 19.7 Å². The van der Waals surface area contributed by atoms with Gasteiger partial charge >= 0.3 is 0 Å². The smallest absolute Gasteiger partial charge is 0.260 e. The number of thiazole rings is 1. The van der Waals surface area contributed by atoms with Crippen molar-refractivity contribution in [3.8, 4) is 0 Å². The van der Waals surface area contributed by atoms with Crippen LogP contribution in [0.4, 0.5) is 9.52 Å². The number of aryl methyl sites for hydroxylation is 2. The molecule has 140 valence electrons. The maximum atomic E-state index is 14.1. The molecular weight excluding hydrogens is 363 g/mol. The molecule has 3 aromatic rings. The highest BCUT2D eigenvalue weighted by atomic mass is 32.1. The molecule has 4 rings (SSSR count). The van der Waals surface area contributed by atoms with Gasteiger partial charge in [-0.1, -0.05) is 34.6 Å². The molecule has 0 aliphatic carbocycles. The molecule has 0 bridgehead atoms. The fourth-order valence-corrected chi connectivity index (χ4v) is 4.50. The number of nitrogens with zero attached hydrogens (tertiary/aromatic N) is 2. The van der Waals surface area contributed by atoms with Crippen molar-refractivity contribution in [2.24, 2.45) is 0 Å². The predicted octanol–water partition coefficient (Wildman–Crippen LogP) is 4.88. The van der Waals surface area contributed by atoms with Crippen LogP contribution in [0.5, 0.6) is 0 Å². The Balaban J connectivity index is 1.75. The summed E-state index contributed by atoms with van der Waals surface area (Å²) in [6.45, 7) is 5.08. The molecule has 2 aromatic carbocycles. The van der Waals surface area contributed by atoms with E-state index in [2.05, 4.69) is 4.98 Å². The van der Waals surface area contributed by atoms with Gasteiger partial charge < -0.3 is 4.74 Å². The summed E-state index contributed by atoms with van der Waals surface area (Å²) in [7, 11) is 0. The van der Waals surface area contributed by atoms with Gasteiger partial charge in [-0.2, -0.15) is 0 Å². The minimum absolute atomic E-state index is 0.0169. The Bertz CT molecular complexity index is 975. The predicted molar refractivity (Wildman–Crippen MR) is 106 cm³/mol. The first-order chi connectivity index (χ1) is 13.0. The van der Waals surface area contributed by atoms with Crippen LogP contribution in [0.3, 0.4) is 0 Å². The minimum atomic E-state index is -0.370. The molecule has 1 aliphatic heterocycles. The van der Waals surface area contributed by atoms with E-state index in [0.29, 0.717) is 29.4 Å². The number of anilines is 1. The van der Waals surface area contributed by atoms with E-state index in [9.17, 15) is 9.18 Å². The highest BCUT2D eigenvalue weighted by molar-refractivity contribution is 7.22. The Morgan fingerprint density at radius 3 is 2.74 bits per heavy atom. The van der Waals surface area contributed by atoms with Crippen molar-refractivity contribution in [1.82, 2.24) is 4.98 Å². The van der Waals surface area contributed by atoms with Gasteiger partial charge in [0.15, 0.2) is 5.13 Å². The number of halogens is 1. The van der Waals surface area contributed by atoms with E-state index in [1.54, 1.807) is 11.0 Å². The van der Waals surface area contributed by atoms with Gasteiger partial charge in [-0.05, 0) is 51.0 Å². The molecule has 1 aromatic heterocycles. The molecule has 2 heterocycles. The van der Waals surface area contributed by atoms with Crippen LogP contribution in [0.1, 0.15) is 34.3 Å². The minimum Gasteiger partial charge on any atom is -0.376 e. The van der Waals surface area contributed by atoms with Crippen molar-refractivity contribution in [3.05, 3.63) is 58.9 Å². The molecule has 1 saturated heterocycles. The number of ether oxygens (including phenoxy) is 1. The molecule has 0 saturated carbocycles. The number of rotatable bonds is 4. The summed E-state index contributed by atoms with van der Waals surface area (Å²) in [6, 6.07) is 10.7. The van der Waals surface area contributed by atoms with Crippen molar-refractivity contribution in [1.29, 1.82) is 0 Å². The Morgan fingerprint density at radius 1 is 1.30 bits per heavy atom. The second kappa shape index (κ2) is 7.37. The standard InChI is InChI=1S/C21H21FN2O2S/c1-13-9-14(2)11-15(10-13)20(25)24(12-16-5-4-8-26-16)21-23-19-17(22)6-3-7-18(19)27-21/h3,6-7,9-11,16H,4-5,8,12H2,1-2H3. The van der Waals surface area contributed by atoms with Gasteiger partial charge in [0, 0.05) is 12.2 Å².